The summed E-state index contributed by atoms with van der Waals surface area (Å²) in [4.78, 5) is 39.2. The fraction of sp³-hybridized carbons (Fsp3) is 0.381. The number of hydrogen-bond acceptors (Lipinski definition) is 6. The molecule has 1 aromatic carbocycles. The van der Waals surface area contributed by atoms with Crippen LogP contribution >= 0.6 is 23.1 Å². The average molecular weight is 433 g/mol. The third-order valence-corrected chi connectivity index (χ3v) is 6.59. The molecule has 0 spiro atoms. The molecule has 3 amide bonds. The molecular formula is C21H24N2O4S2. The second-order valence-corrected chi connectivity index (χ2v) is 8.98. The van der Waals surface area contributed by atoms with Crippen LogP contribution in [0.25, 0.3) is 0 Å². The Balaban J connectivity index is 1.72. The highest BCUT2D eigenvalue weighted by molar-refractivity contribution is 7.99. The van der Waals surface area contributed by atoms with Gasteiger partial charge in [-0.2, -0.15) is 0 Å². The van der Waals surface area contributed by atoms with E-state index in [0.29, 0.717) is 10.6 Å². The van der Waals surface area contributed by atoms with Gasteiger partial charge in [0.2, 0.25) is 5.91 Å². The van der Waals surface area contributed by atoms with Gasteiger partial charge >= 0.3 is 6.09 Å². The van der Waals surface area contributed by atoms with Crippen molar-refractivity contribution in [2.24, 2.45) is 0 Å². The molecule has 1 aliphatic carbocycles. The van der Waals surface area contributed by atoms with Crippen LogP contribution in [0.1, 0.15) is 46.6 Å². The maximum atomic E-state index is 12.7. The van der Waals surface area contributed by atoms with Gasteiger partial charge in [-0.3, -0.25) is 14.9 Å². The zero-order chi connectivity index (χ0) is 20.8. The molecule has 0 fully saturated rings. The Morgan fingerprint density at radius 1 is 1.14 bits per heavy atom. The quantitative estimate of drug-likeness (QED) is 0.633. The average Bonchev–Trinajstić information content (AvgIpc) is 3.24. The molecule has 3 rings (SSSR count). The maximum Gasteiger partial charge on any atom is 0.414 e. The molecule has 1 aliphatic rings. The van der Waals surface area contributed by atoms with Gasteiger partial charge in [-0.05, 0) is 55.2 Å². The van der Waals surface area contributed by atoms with E-state index in [1.54, 1.807) is 18.7 Å². The molecule has 6 nitrogen and oxygen atoms in total. The van der Waals surface area contributed by atoms with Crippen LogP contribution < -0.4 is 10.6 Å². The van der Waals surface area contributed by atoms with E-state index in [9.17, 15) is 14.4 Å². The van der Waals surface area contributed by atoms with E-state index < -0.39 is 12.0 Å². The smallest absolute Gasteiger partial charge is 0.414 e. The van der Waals surface area contributed by atoms with Gasteiger partial charge in [0, 0.05) is 9.77 Å². The minimum atomic E-state index is -0.780. The molecular weight excluding hydrogens is 408 g/mol. The highest BCUT2D eigenvalue weighted by Crippen LogP contribution is 2.39. The minimum absolute atomic E-state index is 0.181. The standard InChI is InChI=1S/C21H24N2O4S2/c1-3-27-21(26)23-19(25)18-15-6-5-7-16(15)29-20(18)22-17(24)12-13-8-10-14(11-9-13)28-4-2/h8-11H,3-7,12H2,1-2H3,(H,22,24)(H,23,25,26). The van der Waals surface area contributed by atoms with E-state index in [1.165, 1.54) is 16.2 Å². The van der Waals surface area contributed by atoms with E-state index in [0.717, 1.165) is 41.0 Å². The molecule has 2 N–H and O–H groups in total. The van der Waals surface area contributed by atoms with Crippen molar-refractivity contribution in [2.45, 2.75) is 44.4 Å². The number of hydrogen-bond donors (Lipinski definition) is 2. The zero-order valence-electron chi connectivity index (χ0n) is 16.5. The fourth-order valence-electron chi connectivity index (χ4n) is 3.28. The Kier molecular flexibility index (Phi) is 7.33. The normalized spacial score (nSPS) is 12.3. The highest BCUT2D eigenvalue weighted by Gasteiger charge is 2.28. The van der Waals surface area contributed by atoms with E-state index >= 15 is 0 Å². The topological polar surface area (TPSA) is 84.5 Å². The van der Waals surface area contributed by atoms with Gasteiger partial charge in [-0.1, -0.05) is 19.1 Å². The molecule has 0 atom stereocenters. The molecule has 0 aliphatic heterocycles. The molecule has 0 radical (unpaired) electrons. The van der Waals surface area contributed by atoms with E-state index in [2.05, 4.69) is 17.6 Å². The van der Waals surface area contributed by atoms with Crippen molar-refractivity contribution in [3.05, 3.63) is 45.8 Å². The third-order valence-electron chi connectivity index (χ3n) is 4.49. The van der Waals surface area contributed by atoms with Crippen LogP contribution in [0.3, 0.4) is 0 Å². The van der Waals surface area contributed by atoms with Crippen molar-refractivity contribution < 1.29 is 19.1 Å². The second-order valence-electron chi connectivity index (χ2n) is 6.54. The summed E-state index contributed by atoms with van der Waals surface area (Å²) >= 11 is 3.17. The number of carbonyl (C=O) groups is 3. The van der Waals surface area contributed by atoms with Gasteiger partial charge in [0.15, 0.2) is 0 Å². The van der Waals surface area contributed by atoms with Crippen LogP contribution in [-0.4, -0.2) is 30.3 Å². The molecule has 0 saturated carbocycles. The van der Waals surface area contributed by atoms with Crippen LogP contribution in [0.5, 0.6) is 0 Å². The molecule has 0 bridgehead atoms. The number of carbonyl (C=O) groups excluding carboxylic acids is 3. The Labute approximate surface area is 178 Å². The third kappa shape index (κ3) is 5.39. The first kappa shape index (κ1) is 21.4. The number of thioether (sulfide) groups is 1. The molecule has 2 aromatic rings. The lowest BCUT2D eigenvalue weighted by molar-refractivity contribution is -0.115. The largest absolute Gasteiger partial charge is 0.450 e. The van der Waals surface area contributed by atoms with Crippen molar-refractivity contribution in [3.8, 4) is 0 Å². The van der Waals surface area contributed by atoms with E-state index in [1.807, 2.05) is 24.3 Å². The van der Waals surface area contributed by atoms with Crippen molar-refractivity contribution in [2.75, 3.05) is 17.7 Å². The van der Waals surface area contributed by atoms with Crippen LogP contribution in [0.2, 0.25) is 0 Å². The lowest BCUT2D eigenvalue weighted by Gasteiger charge is -2.09. The summed E-state index contributed by atoms with van der Waals surface area (Å²) in [6.07, 6.45) is 2.06. The number of benzene rings is 1. The predicted molar refractivity (Wildman–Crippen MR) is 116 cm³/mol. The number of amides is 3. The summed E-state index contributed by atoms with van der Waals surface area (Å²) in [5.41, 5.74) is 2.22. The molecule has 0 saturated heterocycles. The van der Waals surface area contributed by atoms with Gasteiger partial charge in [0.05, 0.1) is 18.6 Å². The van der Waals surface area contributed by atoms with Gasteiger partial charge in [0.25, 0.3) is 5.91 Å². The fourth-order valence-corrected chi connectivity index (χ4v) is 5.25. The Hall–Kier alpha value is -2.32. The van der Waals surface area contributed by atoms with Crippen LogP contribution in [0, 0.1) is 0 Å². The Morgan fingerprint density at radius 3 is 2.59 bits per heavy atom. The lowest BCUT2D eigenvalue weighted by atomic mass is 10.1. The molecule has 154 valence electrons. The minimum Gasteiger partial charge on any atom is -0.450 e. The summed E-state index contributed by atoms with van der Waals surface area (Å²) in [5.74, 6) is 0.282. The monoisotopic (exact) mass is 432 g/mol. The van der Waals surface area contributed by atoms with E-state index in [4.69, 9.17) is 4.74 Å². The van der Waals surface area contributed by atoms with Crippen LogP contribution in [-0.2, 0) is 28.8 Å². The summed E-state index contributed by atoms with van der Waals surface area (Å²) in [7, 11) is 0. The number of imide groups is 1. The number of nitrogens with one attached hydrogen (secondary N) is 2. The summed E-state index contributed by atoms with van der Waals surface area (Å²) in [6, 6.07) is 7.91. The molecule has 1 aromatic heterocycles. The second kappa shape index (κ2) is 9.93. The van der Waals surface area contributed by atoms with Crippen molar-refractivity contribution in [3.63, 3.8) is 0 Å². The number of thiophene rings is 1. The van der Waals surface area contributed by atoms with Crippen molar-refractivity contribution in [1.29, 1.82) is 0 Å². The lowest BCUT2D eigenvalue weighted by Crippen LogP contribution is -2.32. The van der Waals surface area contributed by atoms with Crippen molar-refractivity contribution in [1.82, 2.24) is 5.32 Å². The number of alkyl carbamates (subject to hydrolysis) is 1. The number of ether oxygens (including phenoxy) is 1. The van der Waals surface area contributed by atoms with E-state index in [-0.39, 0.29) is 18.9 Å². The number of anilines is 1. The van der Waals surface area contributed by atoms with Gasteiger partial charge in [-0.15, -0.1) is 23.1 Å². The highest BCUT2D eigenvalue weighted by atomic mass is 32.2. The zero-order valence-corrected chi connectivity index (χ0v) is 18.1. The first-order valence-electron chi connectivity index (χ1n) is 9.66. The van der Waals surface area contributed by atoms with Gasteiger partial charge in [-0.25, -0.2) is 4.79 Å². The molecule has 29 heavy (non-hydrogen) atoms. The van der Waals surface area contributed by atoms with Crippen LogP contribution in [0.4, 0.5) is 9.80 Å². The first-order valence-corrected chi connectivity index (χ1v) is 11.5. The molecule has 1 heterocycles. The van der Waals surface area contributed by atoms with Gasteiger partial charge in [0.1, 0.15) is 5.00 Å². The summed E-state index contributed by atoms with van der Waals surface area (Å²) in [5, 5.41) is 5.62. The Morgan fingerprint density at radius 2 is 1.90 bits per heavy atom. The SMILES string of the molecule is CCOC(=O)NC(=O)c1c(NC(=O)Cc2ccc(SCC)cc2)sc2c1CCC2. The van der Waals surface area contributed by atoms with Crippen LogP contribution in [0.15, 0.2) is 29.2 Å². The number of rotatable bonds is 7. The Bertz CT molecular complexity index is 906. The predicted octanol–water partition coefficient (Wildman–Crippen LogP) is 4.42. The molecule has 0 unspecified atom stereocenters. The van der Waals surface area contributed by atoms with Gasteiger partial charge < -0.3 is 10.1 Å². The first-order chi connectivity index (χ1) is 14.0. The number of fused-ring (bicyclic) bond motifs is 1. The molecule has 8 heteroatoms. The number of aryl methyl sites for hydroxylation is 1. The summed E-state index contributed by atoms with van der Waals surface area (Å²) < 4.78 is 4.80. The van der Waals surface area contributed by atoms with Crippen molar-refractivity contribution >= 4 is 46.0 Å². The summed E-state index contributed by atoms with van der Waals surface area (Å²) in [6.45, 7) is 3.95. The maximum absolute atomic E-state index is 12.7.